The number of rotatable bonds is 4. The van der Waals surface area contributed by atoms with E-state index in [1.807, 2.05) is 24.5 Å². The van der Waals surface area contributed by atoms with Crippen LogP contribution in [0.4, 0.5) is 11.5 Å². The van der Waals surface area contributed by atoms with Gasteiger partial charge in [0.25, 0.3) is 0 Å². The first-order valence-electron chi connectivity index (χ1n) is 10.1. The Hall–Kier alpha value is -2.49. The van der Waals surface area contributed by atoms with Crippen LogP contribution < -0.4 is 4.90 Å². The van der Waals surface area contributed by atoms with Gasteiger partial charge >= 0.3 is 0 Å². The fourth-order valence-corrected chi connectivity index (χ4v) is 5.19. The molecule has 2 atom stereocenters. The van der Waals surface area contributed by atoms with E-state index in [0.717, 1.165) is 34.4 Å². The summed E-state index contributed by atoms with van der Waals surface area (Å²) in [5.74, 6) is 0.480. The summed E-state index contributed by atoms with van der Waals surface area (Å²) in [5, 5.41) is 0.990. The Morgan fingerprint density at radius 2 is 2.10 bits per heavy atom. The summed E-state index contributed by atoms with van der Waals surface area (Å²) in [6.07, 6.45) is 7.20. The van der Waals surface area contributed by atoms with Crippen LogP contribution in [0.15, 0.2) is 41.2 Å². The minimum atomic E-state index is -2.45. The zero-order valence-electron chi connectivity index (χ0n) is 17.1. The van der Waals surface area contributed by atoms with Crippen LogP contribution in [0.5, 0.6) is 0 Å². The van der Waals surface area contributed by atoms with Crippen molar-refractivity contribution in [3.63, 3.8) is 0 Å². The van der Waals surface area contributed by atoms with Crippen LogP contribution in [0.2, 0.25) is 0 Å². The number of pyridine rings is 2. The molecule has 158 valence electrons. The molecule has 0 aromatic carbocycles. The zero-order chi connectivity index (χ0) is 20.7. The SMILES string of the molecule is CC1COCCN1c1cc(N=S(C)(=O)C2COC2)nc(-c2cncc3[nH]ccc23)c1. The van der Waals surface area contributed by atoms with E-state index in [0.29, 0.717) is 32.2 Å². The Labute approximate surface area is 175 Å². The lowest BCUT2D eigenvalue weighted by atomic mass is 10.1. The molecule has 2 saturated heterocycles. The molecule has 8 nitrogen and oxygen atoms in total. The minimum absolute atomic E-state index is 0.0523. The molecule has 2 aliphatic rings. The Bertz CT molecular complexity index is 1200. The van der Waals surface area contributed by atoms with Crippen LogP contribution in [0.1, 0.15) is 6.92 Å². The van der Waals surface area contributed by atoms with Crippen LogP contribution in [-0.2, 0) is 19.2 Å². The third-order valence-electron chi connectivity index (χ3n) is 5.75. The van der Waals surface area contributed by atoms with Gasteiger partial charge in [-0.3, -0.25) is 4.98 Å². The van der Waals surface area contributed by atoms with Gasteiger partial charge in [0, 0.05) is 53.9 Å². The summed E-state index contributed by atoms with van der Waals surface area (Å²) in [6.45, 7) is 5.24. The molecule has 0 bridgehead atoms. The van der Waals surface area contributed by atoms with Gasteiger partial charge in [-0.25, -0.2) is 9.19 Å². The highest BCUT2D eigenvalue weighted by atomic mass is 32.2. The predicted octanol–water partition coefficient (Wildman–Crippen LogP) is 2.98. The van der Waals surface area contributed by atoms with Gasteiger partial charge in [0.15, 0.2) is 5.82 Å². The minimum Gasteiger partial charge on any atom is -0.379 e. The molecule has 2 aliphatic heterocycles. The van der Waals surface area contributed by atoms with Crippen molar-refractivity contribution in [1.29, 1.82) is 0 Å². The second kappa shape index (κ2) is 7.64. The van der Waals surface area contributed by atoms with Crippen molar-refractivity contribution < 1.29 is 13.7 Å². The van der Waals surface area contributed by atoms with Crippen molar-refractivity contribution in [1.82, 2.24) is 15.0 Å². The summed E-state index contributed by atoms with van der Waals surface area (Å²) < 4.78 is 28.6. The molecule has 5 heterocycles. The number of fused-ring (bicyclic) bond motifs is 1. The zero-order valence-corrected chi connectivity index (χ0v) is 17.9. The van der Waals surface area contributed by atoms with Crippen molar-refractivity contribution in [3.8, 4) is 11.3 Å². The van der Waals surface area contributed by atoms with Crippen LogP contribution in [0.3, 0.4) is 0 Å². The number of morpholine rings is 1. The molecule has 3 aromatic rings. The lowest BCUT2D eigenvalue weighted by Gasteiger charge is -2.35. The van der Waals surface area contributed by atoms with E-state index in [2.05, 4.69) is 32.2 Å². The van der Waals surface area contributed by atoms with Gasteiger partial charge in [0.05, 0.1) is 58.8 Å². The monoisotopic (exact) mass is 427 g/mol. The summed E-state index contributed by atoms with van der Waals surface area (Å²) in [4.78, 5) is 14.6. The summed E-state index contributed by atoms with van der Waals surface area (Å²) in [5.41, 5.74) is 3.64. The van der Waals surface area contributed by atoms with Crippen molar-refractivity contribution in [2.75, 3.05) is 44.1 Å². The molecule has 2 unspecified atom stereocenters. The van der Waals surface area contributed by atoms with E-state index in [4.69, 9.17) is 14.5 Å². The van der Waals surface area contributed by atoms with Gasteiger partial charge in [0.1, 0.15) is 0 Å². The maximum absolute atomic E-state index is 13.2. The first-order chi connectivity index (χ1) is 14.5. The molecule has 0 amide bonds. The summed E-state index contributed by atoms with van der Waals surface area (Å²) in [6, 6.07) is 6.24. The van der Waals surface area contributed by atoms with E-state index in [1.165, 1.54) is 0 Å². The highest BCUT2D eigenvalue weighted by Gasteiger charge is 2.28. The van der Waals surface area contributed by atoms with Crippen molar-refractivity contribution in [2.45, 2.75) is 18.2 Å². The second-order valence-electron chi connectivity index (χ2n) is 7.92. The first-order valence-corrected chi connectivity index (χ1v) is 12.1. The predicted molar refractivity (Wildman–Crippen MR) is 118 cm³/mol. The molecule has 1 N–H and O–H groups in total. The van der Waals surface area contributed by atoms with Crippen molar-refractivity contribution in [3.05, 3.63) is 36.8 Å². The molecule has 0 radical (unpaired) electrons. The quantitative estimate of drug-likeness (QED) is 0.688. The first kappa shape index (κ1) is 19.5. The second-order valence-corrected chi connectivity index (χ2v) is 10.5. The van der Waals surface area contributed by atoms with E-state index in [1.54, 1.807) is 12.5 Å². The maximum Gasteiger partial charge on any atom is 0.164 e. The van der Waals surface area contributed by atoms with Gasteiger partial charge in [-0.2, -0.15) is 4.36 Å². The van der Waals surface area contributed by atoms with Crippen LogP contribution >= 0.6 is 0 Å². The third-order valence-corrected chi connectivity index (χ3v) is 7.81. The van der Waals surface area contributed by atoms with Crippen molar-refractivity contribution in [2.24, 2.45) is 4.36 Å². The van der Waals surface area contributed by atoms with Crippen LogP contribution in [-0.4, -0.2) is 69.7 Å². The maximum atomic E-state index is 13.2. The van der Waals surface area contributed by atoms with E-state index in [-0.39, 0.29) is 11.3 Å². The molecular formula is C21H25N5O3S. The molecule has 0 aliphatic carbocycles. The fourth-order valence-electron chi connectivity index (χ4n) is 3.87. The molecular weight excluding hydrogens is 402 g/mol. The largest absolute Gasteiger partial charge is 0.379 e. The molecule has 9 heteroatoms. The number of nitrogens with zero attached hydrogens (tertiary/aromatic N) is 4. The number of aromatic nitrogens is 3. The molecule has 0 saturated carbocycles. The lowest BCUT2D eigenvalue weighted by molar-refractivity contribution is 0.0431. The number of H-pyrrole nitrogens is 1. The number of anilines is 1. The van der Waals surface area contributed by atoms with Crippen molar-refractivity contribution >= 4 is 32.1 Å². The highest BCUT2D eigenvalue weighted by molar-refractivity contribution is 7.93. The molecule has 2 fully saturated rings. The Balaban J connectivity index is 1.66. The fraction of sp³-hybridized carbons (Fsp3) is 0.429. The van der Waals surface area contributed by atoms with Gasteiger partial charge in [-0.1, -0.05) is 0 Å². The molecule has 30 heavy (non-hydrogen) atoms. The van der Waals surface area contributed by atoms with E-state index >= 15 is 0 Å². The highest BCUT2D eigenvalue weighted by Crippen LogP contribution is 2.33. The number of aromatic amines is 1. The summed E-state index contributed by atoms with van der Waals surface area (Å²) >= 11 is 0. The topological polar surface area (TPSA) is 92.7 Å². The average Bonchev–Trinajstić information content (AvgIpc) is 3.14. The van der Waals surface area contributed by atoms with Gasteiger partial charge < -0.3 is 19.4 Å². The third kappa shape index (κ3) is 3.57. The molecule has 3 aromatic heterocycles. The normalized spacial score (nSPS) is 21.9. The Kier molecular flexibility index (Phi) is 4.96. The number of ether oxygens (including phenoxy) is 2. The van der Waals surface area contributed by atoms with E-state index in [9.17, 15) is 4.21 Å². The average molecular weight is 428 g/mol. The van der Waals surface area contributed by atoms with Gasteiger partial charge in [-0.15, -0.1) is 0 Å². The van der Waals surface area contributed by atoms with Gasteiger partial charge in [-0.05, 0) is 19.1 Å². The van der Waals surface area contributed by atoms with Crippen LogP contribution in [0.25, 0.3) is 22.2 Å². The Morgan fingerprint density at radius 1 is 1.23 bits per heavy atom. The van der Waals surface area contributed by atoms with E-state index < -0.39 is 9.73 Å². The number of hydrogen-bond acceptors (Lipinski definition) is 7. The number of hydrogen-bond donors (Lipinski definition) is 1. The lowest BCUT2D eigenvalue weighted by Crippen LogP contribution is -2.43. The number of nitrogens with one attached hydrogen (secondary N) is 1. The summed E-state index contributed by atoms with van der Waals surface area (Å²) in [7, 11) is -2.45. The van der Waals surface area contributed by atoms with Gasteiger partial charge in [0.2, 0.25) is 0 Å². The standard InChI is InChI=1S/C21H25N5O3S/c1-14-11-28-6-5-26(14)15-7-19(18-9-22-10-20-17(18)3-4-23-20)24-21(8-15)25-30(2,27)16-12-29-13-16/h3-4,7-10,14,16,23H,5-6,11-13H2,1-2H3. The smallest absolute Gasteiger partial charge is 0.164 e. The van der Waals surface area contributed by atoms with Crippen LogP contribution in [0, 0.1) is 0 Å². The Morgan fingerprint density at radius 3 is 2.87 bits per heavy atom. The molecule has 5 rings (SSSR count). The molecule has 0 spiro atoms.